The van der Waals surface area contributed by atoms with E-state index >= 15 is 0 Å². The van der Waals surface area contributed by atoms with Gasteiger partial charge in [0, 0.05) is 6.42 Å². The summed E-state index contributed by atoms with van der Waals surface area (Å²) in [6.45, 7) is 0. The zero-order valence-electron chi connectivity index (χ0n) is 11.5. The molecule has 0 radical (unpaired) electrons. The molecule has 0 aromatic carbocycles. The lowest BCUT2D eigenvalue weighted by Gasteiger charge is -2.06. The van der Waals surface area contributed by atoms with Crippen LogP contribution in [0.3, 0.4) is 0 Å². The van der Waals surface area contributed by atoms with Gasteiger partial charge < -0.3 is 5.11 Å². The Kier molecular flexibility index (Phi) is 12.7. The van der Waals surface area contributed by atoms with Crippen molar-refractivity contribution in [3.05, 3.63) is 0 Å². The molecule has 0 aliphatic heterocycles. The van der Waals surface area contributed by atoms with Gasteiger partial charge in [0.2, 0.25) is 0 Å². The molecule has 0 spiro atoms. The lowest BCUT2D eigenvalue weighted by molar-refractivity contribution is -0.137. The molecule has 2 nitrogen and oxygen atoms in total. The average molecular weight is 348 g/mol. The van der Waals surface area contributed by atoms with E-state index in [1.165, 1.54) is 38.5 Å². The number of hydrogen-bond acceptors (Lipinski definition) is 1. The number of hydrogen-bond donors (Lipinski definition) is 1. The van der Waals surface area contributed by atoms with Gasteiger partial charge in [-0.1, -0.05) is 57.8 Å². The van der Waals surface area contributed by atoms with Crippen molar-refractivity contribution in [2.75, 3.05) is 0 Å². The standard InChI is InChI=1S/C13H25Cl3O2Si/c14-19(15,16)12-10-8-6-4-2-1-3-5-7-9-11-13(17)18/h1-12H2,(H,17,18). The Morgan fingerprint density at radius 1 is 0.737 bits per heavy atom. The molecule has 0 saturated heterocycles. The zero-order chi connectivity index (χ0) is 14.6. The Balaban J connectivity index is 3.05. The van der Waals surface area contributed by atoms with Crippen molar-refractivity contribution in [3.63, 3.8) is 0 Å². The topological polar surface area (TPSA) is 37.3 Å². The number of unbranched alkanes of at least 4 members (excludes halogenated alkanes) is 9. The molecule has 0 saturated carbocycles. The summed E-state index contributed by atoms with van der Waals surface area (Å²) >= 11 is 17.4. The van der Waals surface area contributed by atoms with Gasteiger partial charge in [0.05, 0.1) is 0 Å². The van der Waals surface area contributed by atoms with E-state index in [0.717, 1.165) is 31.7 Å². The number of halogens is 3. The minimum atomic E-state index is -2.38. The fourth-order valence-corrected chi connectivity index (χ4v) is 3.87. The van der Waals surface area contributed by atoms with Crippen molar-refractivity contribution >= 4 is 45.2 Å². The van der Waals surface area contributed by atoms with Crippen LogP contribution in [-0.4, -0.2) is 17.1 Å². The number of rotatable bonds is 13. The van der Waals surface area contributed by atoms with Crippen LogP contribution in [0.2, 0.25) is 6.04 Å². The highest BCUT2D eigenvalue weighted by Crippen LogP contribution is 2.27. The summed E-state index contributed by atoms with van der Waals surface area (Å²) in [7, 11) is 0. The monoisotopic (exact) mass is 346 g/mol. The zero-order valence-corrected chi connectivity index (χ0v) is 14.7. The Hall–Kier alpha value is 0.557. The van der Waals surface area contributed by atoms with E-state index < -0.39 is 12.0 Å². The summed E-state index contributed by atoms with van der Waals surface area (Å²) in [5.74, 6) is -0.682. The smallest absolute Gasteiger partial charge is 0.341 e. The van der Waals surface area contributed by atoms with Gasteiger partial charge in [-0.3, -0.25) is 4.79 Å². The average Bonchev–Trinajstić information content (AvgIpc) is 2.28. The maximum atomic E-state index is 10.3. The highest BCUT2D eigenvalue weighted by Gasteiger charge is 2.23. The maximum absolute atomic E-state index is 10.3. The summed E-state index contributed by atoms with van der Waals surface area (Å²) in [4.78, 5) is 10.3. The van der Waals surface area contributed by atoms with Crippen LogP contribution in [0.15, 0.2) is 0 Å². The molecule has 0 unspecified atom stereocenters. The van der Waals surface area contributed by atoms with E-state index in [0.29, 0.717) is 6.42 Å². The Morgan fingerprint density at radius 3 is 1.47 bits per heavy atom. The molecule has 6 heteroatoms. The van der Waals surface area contributed by atoms with Crippen LogP contribution >= 0.6 is 33.2 Å². The van der Waals surface area contributed by atoms with Crippen molar-refractivity contribution < 1.29 is 9.90 Å². The van der Waals surface area contributed by atoms with Crippen LogP contribution in [0, 0.1) is 0 Å². The van der Waals surface area contributed by atoms with Crippen LogP contribution < -0.4 is 0 Å². The molecule has 19 heavy (non-hydrogen) atoms. The fourth-order valence-electron chi connectivity index (χ4n) is 2.02. The van der Waals surface area contributed by atoms with E-state index in [1.807, 2.05) is 0 Å². The molecule has 0 rings (SSSR count). The normalized spacial score (nSPS) is 11.7. The predicted octanol–water partition coefficient (Wildman–Crippen LogP) is 6.02. The van der Waals surface area contributed by atoms with E-state index in [-0.39, 0.29) is 0 Å². The molecule has 0 heterocycles. The second-order valence-electron chi connectivity index (χ2n) is 5.04. The van der Waals surface area contributed by atoms with Crippen molar-refractivity contribution in [3.8, 4) is 0 Å². The second kappa shape index (κ2) is 12.3. The first-order chi connectivity index (χ1) is 8.92. The van der Waals surface area contributed by atoms with Gasteiger partial charge in [0.1, 0.15) is 0 Å². The minimum absolute atomic E-state index is 0.312. The first kappa shape index (κ1) is 19.6. The van der Waals surface area contributed by atoms with Gasteiger partial charge in [-0.05, 0) is 12.5 Å². The molecule has 0 aliphatic rings. The first-order valence-electron chi connectivity index (χ1n) is 7.20. The van der Waals surface area contributed by atoms with Crippen molar-refractivity contribution in [2.24, 2.45) is 0 Å². The third-order valence-electron chi connectivity index (χ3n) is 3.10. The largest absolute Gasteiger partial charge is 0.481 e. The van der Waals surface area contributed by atoms with Gasteiger partial charge >= 0.3 is 12.0 Å². The van der Waals surface area contributed by atoms with Crippen LogP contribution in [0.25, 0.3) is 0 Å². The van der Waals surface area contributed by atoms with Crippen LogP contribution in [0.1, 0.15) is 70.6 Å². The molecule has 114 valence electrons. The molecule has 0 amide bonds. The molecule has 0 bridgehead atoms. The molecule has 1 N–H and O–H groups in total. The molecule has 0 aliphatic carbocycles. The lowest BCUT2D eigenvalue weighted by Crippen LogP contribution is -2.07. The quantitative estimate of drug-likeness (QED) is 0.251. The molecular weight excluding hydrogens is 323 g/mol. The highest BCUT2D eigenvalue weighted by molar-refractivity contribution is 7.64. The van der Waals surface area contributed by atoms with Crippen LogP contribution in [0.4, 0.5) is 0 Å². The van der Waals surface area contributed by atoms with Gasteiger partial charge in [-0.15, -0.1) is 33.2 Å². The number of carbonyl (C=O) groups is 1. The SMILES string of the molecule is O=C(O)CCCCCCCCCCCC[Si](Cl)(Cl)Cl. The Morgan fingerprint density at radius 2 is 1.11 bits per heavy atom. The molecule has 0 atom stereocenters. The number of carboxylic acids is 1. The van der Waals surface area contributed by atoms with Gasteiger partial charge in [0.15, 0.2) is 0 Å². The van der Waals surface area contributed by atoms with Crippen molar-refractivity contribution in [1.82, 2.24) is 0 Å². The van der Waals surface area contributed by atoms with Gasteiger partial charge in [-0.25, -0.2) is 0 Å². The lowest BCUT2D eigenvalue weighted by atomic mass is 10.1. The summed E-state index contributed by atoms with van der Waals surface area (Å²) in [6, 6.07) is -1.61. The molecule has 0 aromatic rings. The Bertz CT molecular complexity index is 232. The van der Waals surface area contributed by atoms with E-state index in [2.05, 4.69) is 0 Å². The summed E-state index contributed by atoms with van der Waals surface area (Å²) in [5, 5.41) is 8.48. The van der Waals surface area contributed by atoms with Gasteiger partial charge in [-0.2, -0.15) is 0 Å². The van der Waals surface area contributed by atoms with E-state index in [9.17, 15) is 4.79 Å². The molecule has 0 aromatic heterocycles. The van der Waals surface area contributed by atoms with Gasteiger partial charge in [0.25, 0.3) is 0 Å². The third kappa shape index (κ3) is 18.6. The number of aliphatic carboxylic acids is 1. The van der Waals surface area contributed by atoms with Crippen LogP contribution in [-0.2, 0) is 4.79 Å². The summed E-state index contributed by atoms with van der Waals surface area (Å²) in [6.07, 6.45) is 11.8. The summed E-state index contributed by atoms with van der Waals surface area (Å²) in [5.41, 5.74) is 0. The van der Waals surface area contributed by atoms with Crippen LogP contribution in [0.5, 0.6) is 0 Å². The van der Waals surface area contributed by atoms with Crippen molar-refractivity contribution in [2.45, 2.75) is 76.7 Å². The first-order valence-corrected chi connectivity index (χ1v) is 12.4. The molecule has 0 fully saturated rings. The number of carboxylic acid groups (broad SMARTS) is 1. The highest BCUT2D eigenvalue weighted by atomic mass is 35.8. The fraction of sp³-hybridized carbons (Fsp3) is 0.923. The second-order valence-corrected chi connectivity index (χ2v) is 14.3. The van der Waals surface area contributed by atoms with E-state index in [4.69, 9.17) is 38.3 Å². The summed E-state index contributed by atoms with van der Waals surface area (Å²) < 4.78 is 0. The maximum Gasteiger partial charge on any atom is 0.341 e. The van der Waals surface area contributed by atoms with E-state index in [1.54, 1.807) is 0 Å². The third-order valence-corrected chi connectivity index (χ3v) is 5.72. The minimum Gasteiger partial charge on any atom is -0.481 e. The Labute approximate surface area is 131 Å². The predicted molar refractivity (Wildman–Crippen MR) is 86.5 cm³/mol. The molecular formula is C13H25Cl3O2Si. The van der Waals surface area contributed by atoms with Crippen molar-refractivity contribution in [1.29, 1.82) is 0 Å².